The summed E-state index contributed by atoms with van der Waals surface area (Å²) in [6, 6.07) is 16.8. The zero-order valence-corrected chi connectivity index (χ0v) is 30.7. The molecule has 0 radical (unpaired) electrons. The van der Waals surface area contributed by atoms with Gasteiger partial charge >= 0.3 is 0 Å². The number of nitrogens with zero attached hydrogens (tertiary/aromatic N) is 2. The van der Waals surface area contributed by atoms with Crippen LogP contribution in [0.15, 0.2) is 72.8 Å². The molecule has 2 aromatic carbocycles. The molecule has 0 fully saturated rings. The number of thiophene rings is 2. The van der Waals surface area contributed by atoms with Crippen molar-refractivity contribution < 1.29 is 9.59 Å². The fourth-order valence-electron chi connectivity index (χ4n) is 6.97. The van der Waals surface area contributed by atoms with Crippen molar-refractivity contribution in [3.8, 4) is 20.9 Å². The van der Waals surface area contributed by atoms with E-state index < -0.39 is 0 Å². The van der Waals surface area contributed by atoms with Crippen molar-refractivity contribution in [2.24, 2.45) is 0 Å². The Morgan fingerprint density at radius 3 is 1.28 bits per heavy atom. The highest BCUT2D eigenvalue weighted by molar-refractivity contribution is 7.16. The molecule has 244 valence electrons. The number of amides is 2. The molecule has 0 aliphatic heterocycles. The number of benzene rings is 2. The van der Waals surface area contributed by atoms with Crippen LogP contribution < -0.4 is 9.80 Å². The van der Waals surface area contributed by atoms with Crippen molar-refractivity contribution in [1.29, 1.82) is 0 Å². The van der Waals surface area contributed by atoms with Crippen molar-refractivity contribution in [2.45, 2.75) is 74.7 Å². The average molecular weight is 663 g/mol. The SMILES string of the molecule is C=C(C)C(=O)N(CC)c1ccc(-c2sc(C)c(C3=C(c4c(C)sc(-c5ccc(N(CC)C(=O)C(=C)C)cc5)c4C)CCC3)c2C)cc1. The lowest BCUT2D eigenvalue weighted by atomic mass is 9.91. The van der Waals surface area contributed by atoms with Gasteiger partial charge in [0.15, 0.2) is 0 Å². The van der Waals surface area contributed by atoms with Crippen molar-refractivity contribution in [3.05, 3.63) is 105 Å². The number of hydrogen-bond donors (Lipinski definition) is 0. The van der Waals surface area contributed by atoms with Gasteiger partial charge in [-0.2, -0.15) is 0 Å². The van der Waals surface area contributed by atoms with Gasteiger partial charge in [0, 0.05) is 55.1 Å². The van der Waals surface area contributed by atoms with E-state index in [0.29, 0.717) is 24.2 Å². The molecule has 0 saturated heterocycles. The normalized spacial score (nSPS) is 12.9. The molecular weight excluding hydrogens is 617 g/mol. The Morgan fingerprint density at radius 2 is 0.979 bits per heavy atom. The van der Waals surface area contributed by atoms with E-state index in [1.54, 1.807) is 23.6 Å². The Morgan fingerprint density at radius 1 is 0.638 bits per heavy atom. The molecule has 4 aromatic rings. The van der Waals surface area contributed by atoms with Gasteiger partial charge in [-0.15, -0.1) is 22.7 Å². The molecule has 0 N–H and O–H groups in total. The van der Waals surface area contributed by atoms with E-state index in [-0.39, 0.29) is 11.8 Å². The third-order valence-corrected chi connectivity index (χ3v) is 11.7. The molecule has 6 heteroatoms. The zero-order valence-electron chi connectivity index (χ0n) is 29.1. The van der Waals surface area contributed by atoms with Crippen molar-refractivity contribution >= 4 is 57.0 Å². The highest BCUT2D eigenvalue weighted by Crippen LogP contribution is 2.50. The standard InChI is InChI=1S/C41H46N2O2S2/c1-11-42(40(44)24(3)4)32-20-16-30(17-21-32)38-26(7)36(28(9)46-38)34-14-13-15-35(34)37-27(8)39(47-29(37)10)31-18-22-33(23-19-31)43(12-2)41(45)25(5)6/h16-23H,3,5,11-15H2,1-2,4,6-10H3. The first-order valence-corrected chi connectivity index (χ1v) is 18.1. The summed E-state index contributed by atoms with van der Waals surface area (Å²) in [5.41, 5.74) is 13.7. The Labute approximate surface area is 288 Å². The summed E-state index contributed by atoms with van der Waals surface area (Å²) in [6.45, 7) is 25.5. The lowest BCUT2D eigenvalue weighted by molar-refractivity contribution is -0.115. The van der Waals surface area contributed by atoms with Crippen LogP contribution >= 0.6 is 22.7 Å². The van der Waals surface area contributed by atoms with Gasteiger partial charge in [0.25, 0.3) is 11.8 Å². The number of likely N-dealkylation sites (N-methyl/N-ethyl adjacent to an activating group) is 2. The molecule has 5 rings (SSSR count). The largest absolute Gasteiger partial charge is 0.309 e. The monoisotopic (exact) mass is 662 g/mol. The minimum atomic E-state index is -0.0382. The smallest absolute Gasteiger partial charge is 0.253 e. The van der Waals surface area contributed by atoms with Gasteiger partial charge in [0.1, 0.15) is 0 Å². The highest BCUT2D eigenvalue weighted by Gasteiger charge is 2.27. The second kappa shape index (κ2) is 14.0. The number of aryl methyl sites for hydroxylation is 2. The maximum atomic E-state index is 12.7. The van der Waals surface area contributed by atoms with Crippen LogP contribution in [0, 0.1) is 27.7 Å². The topological polar surface area (TPSA) is 40.6 Å². The average Bonchev–Trinajstić information content (AvgIpc) is 3.72. The Kier molecular flexibility index (Phi) is 10.2. The van der Waals surface area contributed by atoms with Gasteiger partial charge < -0.3 is 9.80 Å². The molecule has 0 unspecified atom stereocenters. The summed E-state index contributed by atoms with van der Waals surface area (Å²) in [5, 5.41) is 0. The molecule has 4 nitrogen and oxygen atoms in total. The molecule has 2 amide bonds. The molecule has 0 spiro atoms. The number of anilines is 2. The molecule has 2 aromatic heterocycles. The van der Waals surface area contributed by atoms with E-state index in [0.717, 1.165) is 30.6 Å². The van der Waals surface area contributed by atoms with Gasteiger partial charge in [0.2, 0.25) is 0 Å². The lowest BCUT2D eigenvalue weighted by Crippen LogP contribution is -2.30. The van der Waals surface area contributed by atoms with E-state index in [2.05, 4.69) is 89.4 Å². The molecule has 1 aliphatic carbocycles. The summed E-state index contributed by atoms with van der Waals surface area (Å²) >= 11 is 3.74. The lowest BCUT2D eigenvalue weighted by Gasteiger charge is -2.21. The zero-order chi connectivity index (χ0) is 34.2. The first-order valence-electron chi connectivity index (χ1n) is 16.5. The Bertz CT molecular complexity index is 1760. The summed E-state index contributed by atoms with van der Waals surface area (Å²) in [7, 11) is 0. The summed E-state index contributed by atoms with van der Waals surface area (Å²) in [4.78, 5) is 34.2. The van der Waals surface area contributed by atoms with Crippen LogP contribution in [0.1, 0.15) is 79.0 Å². The van der Waals surface area contributed by atoms with E-state index in [9.17, 15) is 9.59 Å². The second-order valence-corrected chi connectivity index (χ2v) is 15.0. The fourth-order valence-corrected chi connectivity index (χ4v) is 9.36. The third kappa shape index (κ3) is 6.46. The minimum Gasteiger partial charge on any atom is -0.309 e. The van der Waals surface area contributed by atoms with Crippen LogP contribution in [0.5, 0.6) is 0 Å². The minimum absolute atomic E-state index is 0.0382. The van der Waals surface area contributed by atoms with Gasteiger partial charge in [-0.1, -0.05) is 37.4 Å². The predicted molar refractivity (Wildman–Crippen MR) is 205 cm³/mol. The molecule has 0 bridgehead atoms. The van der Waals surface area contributed by atoms with Crippen LogP contribution in [-0.4, -0.2) is 24.9 Å². The maximum Gasteiger partial charge on any atom is 0.253 e. The van der Waals surface area contributed by atoms with Gasteiger partial charge in [0.05, 0.1) is 0 Å². The van der Waals surface area contributed by atoms with E-state index in [4.69, 9.17) is 0 Å². The number of carbonyl (C=O) groups excluding carboxylic acids is 2. The number of hydrogen-bond acceptors (Lipinski definition) is 4. The molecule has 0 saturated carbocycles. The highest BCUT2D eigenvalue weighted by atomic mass is 32.1. The third-order valence-electron chi connectivity index (χ3n) is 9.20. The van der Waals surface area contributed by atoms with Crippen LogP contribution in [-0.2, 0) is 9.59 Å². The van der Waals surface area contributed by atoms with E-state index in [1.165, 1.54) is 64.0 Å². The van der Waals surface area contributed by atoms with Gasteiger partial charge in [-0.25, -0.2) is 0 Å². The Hall–Kier alpha value is -4.00. The maximum absolute atomic E-state index is 12.7. The Balaban J connectivity index is 1.49. The van der Waals surface area contributed by atoms with Crippen molar-refractivity contribution in [2.75, 3.05) is 22.9 Å². The summed E-state index contributed by atoms with van der Waals surface area (Å²) in [5.74, 6) is -0.0763. The number of allylic oxidation sites excluding steroid dienone is 2. The van der Waals surface area contributed by atoms with Crippen LogP contribution in [0.2, 0.25) is 0 Å². The summed E-state index contributed by atoms with van der Waals surface area (Å²) in [6.07, 6.45) is 3.33. The van der Waals surface area contributed by atoms with E-state index >= 15 is 0 Å². The van der Waals surface area contributed by atoms with Gasteiger partial charge in [-0.05, 0) is 143 Å². The molecule has 47 heavy (non-hydrogen) atoms. The first kappa shape index (κ1) is 34.3. The van der Waals surface area contributed by atoms with Crippen LogP contribution in [0.25, 0.3) is 32.0 Å². The van der Waals surface area contributed by atoms with Crippen LogP contribution in [0.3, 0.4) is 0 Å². The molecule has 1 aliphatic rings. The van der Waals surface area contributed by atoms with Crippen molar-refractivity contribution in [3.63, 3.8) is 0 Å². The molecular formula is C41H46N2O2S2. The molecule has 0 atom stereocenters. The number of carbonyl (C=O) groups is 2. The van der Waals surface area contributed by atoms with E-state index in [1.807, 2.05) is 36.5 Å². The second-order valence-electron chi connectivity index (χ2n) is 12.5. The van der Waals surface area contributed by atoms with Crippen LogP contribution in [0.4, 0.5) is 11.4 Å². The quantitative estimate of drug-likeness (QED) is 0.159. The number of rotatable bonds is 10. The first-order chi connectivity index (χ1) is 22.4. The van der Waals surface area contributed by atoms with Crippen molar-refractivity contribution in [1.82, 2.24) is 0 Å². The predicted octanol–water partition coefficient (Wildman–Crippen LogP) is 11.3. The fraction of sp³-hybridized carbons (Fsp3) is 0.317. The van der Waals surface area contributed by atoms with Gasteiger partial charge in [-0.3, -0.25) is 9.59 Å². The summed E-state index contributed by atoms with van der Waals surface area (Å²) < 4.78 is 0. The molecule has 2 heterocycles.